The van der Waals surface area contributed by atoms with E-state index in [4.69, 9.17) is 11.8 Å². The van der Waals surface area contributed by atoms with E-state index >= 15 is 0 Å². The molecule has 0 bridgehead atoms. The standard InChI is InChI=1S/C14H23ClN2O2/c1-13(2,3)8(17-15)7-16-10-9(14(4,5)6)11(18)12(10)19/h8,16-17H,7H2,1-6H3/t8-/m1/s1. The molecule has 0 spiro atoms. The molecule has 5 heteroatoms. The zero-order valence-corrected chi connectivity index (χ0v) is 13.2. The minimum Gasteiger partial charge on any atom is -0.380 e. The van der Waals surface area contributed by atoms with Gasteiger partial charge in [-0.3, -0.25) is 9.59 Å². The van der Waals surface area contributed by atoms with Crippen LogP contribution in [-0.2, 0) is 5.41 Å². The fourth-order valence-corrected chi connectivity index (χ4v) is 2.39. The van der Waals surface area contributed by atoms with Gasteiger partial charge in [0.1, 0.15) is 0 Å². The molecule has 0 aliphatic heterocycles. The molecule has 1 aromatic carbocycles. The molecule has 0 amide bonds. The van der Waals surface area contributed by atoms with Gasteiger partial charge in [-0.2, -0.15) is 0 Å². The molecule has 0 aliphatic carbocycles. The van der Waals surface area contributed by atoms with Gasteiger partial charge in [0.25, 0.3) is 0 Å². The SMILES string of the molecule is CC(C)(C)c1c(NC[C@@H](NCl)C(C)(C)C)c(=O)c1=O. The van der Waals surface area contributed by atoms with Crippen LogP contribution in [0, 0.1) is 5.41 Å². The van der Waals surface area contributed by atoms with E-state index in [-0.39, 0.29) is 22.3 Å². The zero-order valence-electron chi connectivity index (χ0n) is 12.5. The van der Waals surface area contributed by atoms with Crippen molar-refractivity contribution >= 4 is 17.5 Å². The van der Waals surface area contributed by atoms with Crippen molar-refractivity contribution in [2.24, 2.45) is 5.41 Å². The number of hydrogen-bond donors (Lipinski definition) is 2. The van der Waals surface area contributed by atoms with Gasteiger partial charge < -0.3 is 5.32 Å². The number of halogens is 1. The lowest BCUT2D eigenvalue weighted by atomic mass is 9.82. The predicted molar refractivity (Wildman–Crippen MR) is 80.8 cm³/mol. The van der Waals surface area contributed by atoms with Gasteiger partial charge in [0.05, 0.1) is 5.69 Å². The van der Waals surface area contributed by atoms with Crippen molar-refractivity contribution in [2.75, 3.05) is 11.9 Å². The summed E-state index contributed by atoms with van der Waals surface area (Å²) in [5, 5.41) is 3.08. The van der Waals surface area contributed by atoms with Crippen molar-refractivity contribution in [3.8, 4) is 0 Å². The van der Waals surface area contributed by atoms with Crippen LogP contribution in [0.5, 0.6) is 0 Å². The molecule has 0 saturated carbocycles. The van der Waals surface area contributed by atoms with Crippen molar-refractivity contribution in [1.82, 2.24) is 4.84 Å². The van der Waals surface area contributed by atoms with Gasteiger partial charge in [0.15, 0.2) is 0 Å². The normalized spacial score (nSPS) is 14.7. The summed E-state index contributed by atoms with van der Waals surface area (Å²) in [4.78, 5) is 26.0. The monoisotopic (exact) mass is 286 g/mol. The molecule has 0 heterocycles. The lowest BCUT2D eigenvalue weighted by Crippen LogP contribution is -2.47. The Morgan fingerprint density at radius 2 is 1.58 bits per heavy atom. The minimum atomic E-state index is -0.424. The Morgan fingerprint density at radius 1 is 1.05 bits per heavy atom. The summed E-state index contributed by atoms with van der Waals surface area (Å²) in [6.07, 6.45) is 0. The Kier molecular flexibility index (Phi) is 4.47. The largest absolute Gasteiger partial charge is 0.380 e. The van der Waals surface area contributed by atoms with Crippen molar-refractivity contribution in [2.45, 2.75) is 53.0 Å². The van der Waals surface area contributed by atoms with E-state index in [9.17, 15) is 9.59 Å². The van der Waals surface area contributed by atoms with E-state index < -0.39 is 5.43 Å². The summed E-state index contributed by atoms with van der Waals surface area (Å²) in [5.74, 6) is 0. The molecule has 0 saturated heterocycles. The van der Waals surface area contributed by atoms with Crippen LogP contribution in [-0.4, -0.2) is 12.6 Å². The molecule has 0 aliphatic rings. The van der Waals surface area contributed by atoms with Gasteiger partial charge in [-0.05, 0) is 22.6 Å². The minimum absolute atomic E-state index is 0.00797. The maximum Gasteiger partial charge on any atom is 0.249 e. The number of anilines is 1. The first-order valence-electron chi connectivity index (χ1n) is 6.44. The lowest BCUT2D eigenvalue weighted by Gasteiger charge is -2.31. The third-order valence-electron chi connectivity index (χ3n) is 3.32. The van der Waals surface area contributed by atoms with Crippen LogP contribution in [0.25, 0.3) is 0 Å². The average molecular weight is 287 g/mol. The molecule has 2 N–H and O–H groups in total. The smallest absolute Gasteiger partial charge is 0.249 e. The molecule has 0 aromatic heterocycles. The molecule has 0 radical (unpaired) electrons. The molecule has 19 heavy (non-hydrogen) atoms. The van der Waals surface area contributed by atoms with E-state index in [1.54, 1.807) is 0 Å². The molecular weight excluding hydrogens is 264 g/mol. The van der Waals surface area contributed by atoms with Crippen LogP contribution >= 0.6 is 11.8 Å². The first-order valence-corrected chi connectivity index (χ1v) is 6.81. The van der Waals surface area contributed by atoms with Crippen LogP contribution in [0.15, 0.2) is 9.59 Å². The summed E-state index contributed by atoms with van der Waals surface area (Å²) >= 11 is 5.73. The highest BCUT2D eigenvalue weighted by atomic mass is 35.5. The molecule has 108 valence electrons. The van der Waals surface area contributed by atoms with Crippen molar-refractivity contribution in [3.63, 3.8) is 0 Å². The van der Waals surface area contributed by atoms with Crippen molar-refractivity contribution in [3.05, 3.63) is 26.0 Å². The summed E-state index contributed by atoms with van der Waals surface area (Å²) in [5.41, 5.74) is -0.140. The van der Waals surface area contributed by atoms with Crippen LogP contribution in [0.4, 0.5) is 5.69 Å². The third kappa shape index (κ3) is 3.37. The first kappa shape index (κ1) is 16.2. The summed E-state index contributed by atoms with van der Waals surface area (Å²) in [6.45, 7) is 12.5. The predicted octanol–water partition coefficient (Wildman–Crippen LogP) is 2.15. The molecule has 1 aromatic rings. The maximum absolute atomic E-state index is 11.6. The molecule has 4 nitrogen and oxygen atoms in total. The Balaban J connectivity index is 2.89. The van der Waals surface area contributed by atoms with Crippen LogP contribution in [0.2, 0.25) is 0 Å². The summed E-state index contributed by atoms with van der Waals surface area (Å²) in [7, 11) is 0. The molecular formula is C14H23ClN2O2. The fourth-order valence-electron chi connectivity index (χ4n) is 1.99. The van der Waals surface area contributed by atoms with E-state index in [2.05, 4.69) is 30.9 Å². The third-order valence-corrected chi connectivity index (χ3v) is 3.58. The highest BCUT2D eigenvalue weighted by molar-refractivity contribution is 6.13. The number of nitrogens with one attached hydrogen (secondary N) is 2. The second-order valence-electron chi connectivity index (χ2n) is 7.07. The summed E-state index contributed by atoms with van der Waals surface area (Å²) < 4.78 is 0. The molecule has 1 atom stereocenters. The van der Waals surface area contributed by atoms with E-state index in [1.165, 1.54) is 0 Å². The quantitative estimate of drug-likeness (QED) is 0.658. The van der Waals surface area contributed by atoms with Gasteiger partial charge in [-0.15, -0.1) is 0 Å². The Morgan fingerprint density at radius 3 is 1.95 bits per heavy atom. The van der Waals surface area contributed by atoms with E-state index in [0.717, 1.165) is 0 Å². The topological polar surface area (TPSA) is 58.2 Å². The van der Waals surface area contributed by atoms with Gasteiger partial charge in [0.2, 0.25) is 10.9 Å². The molecule has 0 unspecified atom stereocenters. The second kappa shape index (κ2) is 5.25. The van der Waals surface area contributed by atoms with Crippen LogP contribution in [0.1, 0.15) is 47.1 Å². The lowest BCUT2D eigenvalue weighted by molar-refractivity contribution is 0.313. The van der Waals surface area contributed by atoms with Crippen molar-refractivity contribution in [1.29, 1.82) is 0 Å². The first-order chi connectivity index (χ1) is 8.50. The van der Waals surface area contributed by atoms with Crippen molar-refractivity contribution < 1.29 is 0 Å². The Hall–Kier alpha value is -0.870. The van der Waals surface area contributed by atoms with E-state index in [1.807, 2.05) is 20.8 Å². The number of hydrogen-bond acceptors (Lipinski definition) is 4. The maximum atomic E-state index is 11.6. The van der Waals surface area contributed by atoms with Crippen LogP contribution < -0.4 is 21.0 Å². The van der Waals surface area contributed by atoms with Gasteiger partial charge in [0, 0.05) is 18.2 Å². The van der Waals surface area contributed by atoms with Gasteiger partial charge >= 0.3 is 0 Å². The Labute approximate surface area is 119 Å². The van der Waals surface area contributed by atoms with E-state index in [0.29, 0.717) is 17.8 Å². The number of rotatable bonds is 4. The van der Waals surface area contributed by atoms with Crippen LogP contribution in [0.3, 0.4) is 0 Å². The zero-order chi connectivity index (χ0) is 15.0. The molecule has 1 rings (SSSR count). The second-order valence-corrected chi connectivity index (χ2v) is 7.29. The Bertz CT molecular complexity index is 517. The van der Waals surface area contributed by atoms with Gasteiger partial charge in [-0.25, -0.2) is 4.84 Å². The highest BCUT2D eigenvalue weighted by Crippen LogP contribution is 2.26. The fraction of sp³-hybridized carbons (Fsp3) is 0.714. The summed E-state index contributed by atoms with van der Waals surface area (Å²) in [6, 6.07) is -0.00797. The molecule has 0 fully saturated rings. The highest BCUT2D eigenvalue weighted by Gasteiger charge is 2.31. The average Bonchev–Trinajstić information content (AvgIpc) is 2.23. The van der Waals surface area contributed by atoms with Gasteiger partial charge in [-0.1, -0.05) is 41.5 Å².